The van der Waals surface area contributed by atoms with Gasteiger partial charge in [0.15, 0.2) is 22.9 Å². The Labute approximate surface area is 153 Å². The quantitative estimate of drug-likeness (QED) is 0.802. The normalized spacial score (nSPS) is 18.3. The molecule has 1 aromatic heterocycles. The average molecular weight is 357 g/mol. The molecular formula is C20H23NO5. The van der Waals surface area contributed by atoms with Crippen molar-refractivity contribution in [2.24, 2.45) is 0 Å². The first-order chi connectivity index (χ1) is 12.4. The lowest BCUT2D eigenvalue weighted by Crippen LogP contribution is -2.32. The molecule has 1 aliphatic heterocycles. The highest BCUT2D eigenvalue weighted by Gasteiger charge is 2.37. The molecule has 0 aliphatic carbocycles. The van der Waals surface area contributed by atoms with E-state index in [9.17, 15) is 5.11 Å². The van der Waals surface area contributed by atoms with Crippen LogP contribution in [0.15, 0.2) is 24.4 Å². The maximum absolute atomic E-state index is 11.2. The maximum Gasteiger partial charge on any atom is 0.168 e. The van der Waals surface area contributed by atoms with Gasteiger partial charge in [-0.05, 0) is 36.9 Å². The summed E-state index contributed by atoms with van der Waals surface area (Å²) in [6, 6.07) is 5.45. The second-order valence-corrected chi connectivity index (χ2v) is 6.42. The van der Waals surface area contributed by atoms with E-state index in [0.29, 0.717) is 42.2 Å². The van der Waals surface area contributed by atoms with E-state index in [2.05, 4.69) is 10.9 Å². The summed E-state index contributed by atoms with van der Waals surface area (Å²) in [6.45, 7) is 2.92. The standard InChI is InChI=1S/C20H23NO5/c1-5-20(22,8-7-19(2)25-10-11-26-19)18-15-13-17(24-4)16(23-3)12-14(15)6-9-21-18/h1,6,9,12-13,22H,7-8,10-11H2,2-4H3/t20-/m1/s1. The lowest BCUT2D eigenvalue weighted by Gasteiger charge is -2.28. The fourth-order valence-corrected chi connectivity index (χ4v) is 3.20. The number of fused-ring (bicyclic) bond motifs is 1. The van der Waals surface area contributed by atoms with Crippen LogP contribution >= 0.6 is 0 Å². The van der Waals surface area contributed by atoms with E-state index >= 15 is 0 Å². The first-order valence-corrected chi connectivity index (χ1v) is 8.44. The van der Waals surface area contributed by atoms with Crippen molar-refractivity contribution in [3.05, 3.63) is 30.1 Å². The van der Waals surface area contributed by atoms with Gasteiger partial charge in [-0.15, -0.1) is 6.42 Å². The van der Waals surface area contributed by atoms with Crippen molar-refractivity contribution in [2.45, 2.75) is 31.2 Å². The Hall–Kier alpha value is -2.33. The third-order valence-electron chi connectivity index (χ3n) is 4.74. The molecule has 0 saturated carbocycles. The van der Waals surface area contributed by atoms with Crippen LogP contribution in [0, 0.1) is 12.3 Å². The molecular weight excluding hydrogens is 334 g/mol. The van der Waals surface area contributed by atoms with Crippen molar-refractivity contribution >= 4 is 10.8 Å². The fraction of sp³-hybridized carbons (Fsp3) is 0.450. The molecule has 138 valence electrons. The van der Waals surface area contributed by atoms with Gasteiger partial charge in [-0.2, -0.15) is 0 Å². The SMILES string of the molecule is C#C[C@@](O)(CCC1(C)OCCO1)c1nccc2cc(OC)c(OC)cc12. The topological polar surface area (TPSA) is 70.0 Å². The molecule has 2 heterocycles. The Balaban J connectivity index is 2.02. The molecule has 6 heteroatoms. The highest BCUT2D eigenvalue weighted by atomic mass is 16.7. The predicted octanol–water partition coefficient (Wildman–Crippen LogP) is 2.62. The molecule has 1 N–H and O–H groups in total. The third-order valence-corrected chi connectivity index (χ3v) is 4.74. The summed E-state index contributed by atoms with van der Waals surface area (Å²) in [4.78, 5) is 4.38. The van der Waals surface area contributed by atoms with E-state index in [-0.39, 0.29) is 6.42 Å². The lowest BCUT2D eigenvalue weighted by atomic mass is 9.89. The van der Waals surface area contributed by atoms with Crippen molar-refractivity contribution in [1.29, 1.82) is 0 Å². The molecule has 1 atom stereocenters. The smallest absolute Gasteiger partial charge is 0.168 e. The number of nitrogens with zero attached hydrogens (tertiary/aromatic N) is 1. The zero-order chi connectivity index (χ0) is 18.8. The third kappa shape index (κ3) is 3.34. The summed E-state index contributed by atoms with van der Waals surface area (Å²) in [6.07, 6.45) is 8.02. The van der Waals surface area contributed by atoms with Crippen LogP contribution in [0.2, 0.25) is 0 Å². The van der Waals surface area contributed by atoms with Gasteiger partial charge in [0.2, 0.25) is 0 Å². The van der Waals surface area contributed by atoms with E-state index in [1.165, 1.54) is 0 Å². The molecule has 1 aliphatic rings. The Morgan fingerprint density at radius 2 is 1.92 bits per heavy atom. The molecule has 1 saturated heterocycles. The Kier molecular flexibility index (Phi) is 5.05. The van der Waals surface area contributed by atoms with E-state index in [0.717, 1.165) is 5.39 Å². The molecule has 1 fully saturated rings. The van der Waals surface area contributed by atoms with Crippen LogP contribution in [0.5, 0.6) is 11.5 Å². The number of ether oxygens (including phenoxy) is 4. The Morgan fingerprint density at radius 3 is 2.54 bits per heavy atom. The van der Waals surface area contributed by atoms with Gasteiger partial charge < -0.3 is 24.1 Å². The zero-order valence-electron chi connectivity index (χ0n) is 15.2. The van der Waals surface area contributed by atoms with Crippen LogP contribution in [0.25, 0.3) is 10.8 Å². The van der Waals surface area contributed by atoms with Crippen molar-refractivity contribution in [3.8, 4) is 23.8 Å². The van der Waals surface area contributed by atoms with Gasteiger partial charge in [0, 0.05) is 18.0 Å². The molecule has 0 unspecified atom stereocenters. The lowest BCUT2D eigenvalue weighted by molar-refractivity contribution is -0.154. The minimum absolute atomic E-state index is 0.250. The van der Waals surface area contributed by atoms with Crippen molar-refractivity contribution in [3.63, 3.8) is 0 Å². The minimum Gasteiger partial charge on any atom is -0.493 e. The van der Waals surface area contributed by atoms with Gasteiger partial charge in [0.25, 0.3) is 0 Å². The van der Waals surface area contributed by atoms with Crippen LogP contribution < -0.4 is 9.47 Å². The van der Waals surface area contributed by atoms with Gasteiger partial charge in [-0.25, -0.2) is 0 Å². The Bertz CT molecular complexity index is 838. The van der Waals surface area contributed by atoms with Gasteiger partial charge in [-0.1, -0.05) is 5.92 Å². The summed E-state index contributed by atoms with van der Waals surface area (Å²) in [5, 5.41) is 12.7. The second kappa shape index (κ2) is 7.12. The van der Waals surface area contributed by atoms with Gasteiger partial charge in [0.1, 0.15) is 0 Å². The molecule has 26 heavy (non-hydrogen) atoms. The number of methoxy groups -OCH3 is 2. The van der Waals surface area contributed by atoms with Crippen LogP contribution in [0.4, 0.5) is 0 Å². The number of hydrogen-bond donors (Lipinski definition) is 1. The highest BCUT2D eigenvalue weighted by molar-refractivity contribution is 5.88. The molecule has 0 amide bonds. The van der Waals surface area contributed by atoms with Crippen molar-refractivity contribution < 1.29 is 24.1 Å². The zero-order valence-corrected chi connectivity index (χ0v) is 15.2. The summed E-state index contributed by atoms with van der Waals surface area (Å²) >= 11 is 0. The molecule has 6 nitrogen and oxygen atoms in total. The first-order valence-electron chi connectivity index (χ1n) is 8.44. The second-order valence-electron chi connectivity index (χ2n) is 6.42. The number of terminal acetylenes is 1. The molecule has 0 spiro atoms. The molecule has 0 radical (unpaired) electrons. The molecule has 0 bridgehead atoms. The van der Waals surface area contributed by atoms with Crippen molar-refractivity contribution in [2.75, 3.05) is 27.4 Å². The van der Waals surface area contributed by atoms with E-state index in [1.807, 2.05) is 19.1 Å². The van der Waals surface area contributed by atoms with E-state index in [1.54, 1.807) is 26.5 Å². The molecule has 1 aromatic carbocycles. The Morgan fingerprint density at radius 1 is 1.27 bits per heavy atom. The van der Waals surface area contributed by atoms with Gasteiger partial charge in [-0.3, -0.25) is 4.98 Å². The highest BCUT2D eigenvalue weighted by Crippen LogP contribution is 2.38. The largest absolute Gasteiger partial charge is 0.493 e. The maximum atomic E-state index is 11.2. The number of aromatic nitrogens is 1. The summed E-state index contributed by atoms with van der Waals surface area (Å²) in [7, 11) is 3.13. The van der Waals surface area contributed by atoms with Gasteiger partial charge >= 0.3 is 0 Å². The van der Waals surface area contributed by atoms with Crippen LogP contribution in [0.1, 0.15) is 25.5 Å². The predicted molar refractivity (Wildman–Crippen MR) is 97.1 cm³/mol. The average Bonchev–Trinajstić information content (AvgIpc) is 3.11. The number of hydrogen-bond acceptors (Lipinski definition) is 6. The number of pyridine rings is 1. The fourth-order valence-electron chi connectivity index (χ4n) is 3.20. The van der Waals surface area contributed by atoms with Gasteiger partial charge in [0.05, 0.1) is 33.1 Å². The summed E-state index contributed by atoms with van der Waals surface area (Å²) in [5.41, 5.74) is -1.16. The van der Waals surface area contributed by atoms with Crippen molar-refractivity contribution in [1.82, 2.24) is 4.98 Å². The number of benzene rings is 1. The first kappa shape index (κ1) is 18.5. The molecule has 2 aromatic rings. The summed E-state index contributed by atoms with van der Waals surface area (Å²) in [5.74, 6) is 2.91. The van der Waals surface area contributed by atoms with Crippen LogP contribution in [-0.2, 0) is 15.1 Å². The molecule has 3 rings (SSSR count). The minimum atomic E-state index is -1.56. The monoisotopic (exact) mass is 357 g/mol. The van der Waals surface area contributed by atoms with E-state index in [4.69, 9.17) is 25.4 Å². The number of rotatable bonds is 6. The summed E-state index contributed by atoms with van der Waals surface area (Å²) < 4.78 is 21.9. The number of aliphatic hydroxyl groups is 1. The van der Waals surface area contributed by atoms with Crippen LogP contribution in [0.3, 0.4) is 0 Å². The van der Waals surface area contributed by atoms with E-state index < -0.39 is 11.4 Å². The van der Waals surface area contributed by atoms with Crippen LogP contribution in [-0.4, -0.2) is 43.3 Å².